The van der Waals surface area contributed by atoms with Gasteiger partial charge in [0.25, 0.3) is 0 Å². The zero-order valence-electron chi connectivity index (χ0n) is 11.4. The maximum Gasteiger partial charge on any atom is 0.235 e. The molecule has 1 aromatic carbocycles. The molecule has 4 heteroatoms. The molecule has 0 unspecified atom stereocenters. The van der Waals surface area contributed by atoms with Gasteiger partial charge in [-0.25, -0.2) is 9.78 Å². The van der Waals surface area contributed by atoms with Crippen LogP contribution in [0.5, 0.6) is 0 Å². The highest BCUT2D eigenvalue weighted by Crippen LogP contribution is 2.49. The minimum Gasteiger partial charge on any atom is -0.241 e. The monoisotopic (exact) mass is 272 g/mol. The second kappa shape index (κ2) is 3.99. The van der Waals surface area contributed by atoms with E-state index < -0.39 is 0 Å². The van der Waals surface area contributed by atoms with Gasteiger partial charge in [0.15, 0.2) is 0 Å². The molecule has 0 bridgehead atoms. The highest BCUT2D eigenvalue weighted by atomic mass is 32.1. The summed E-state index contributed by atoms with van der Waals surface area (Å²) in [6.45, 7) is 6.51. The maximum atomic E-state index is 10.5. The van der Waals surface area contributed by atoms with E-state index in [-0.39, 0.29) is 11.0 Å². The van der Waals surface area contributed by atoms with Crippen LogP contribution in [-0.2, 0) is 15.7 Å². The first kappa shape index (κ1) is 12.5. The van der Waals surface area contributed by atoms with Crippen molar-refractivity contribution in [2.24, 2.45) is 4.99 Å². The first-order valence-electron chi connectivity index (χ1n) is 6.45. The number of hydrogen-bond acceptors (Lipinski definition) is 4. The molecular weight excluding hydrogens is 256 g/mol. The van der Waals surface area contributed by atoms with E-state index in [4.69, 9.17) is 4.98 Å². The molecular formula is C15H16N2OS. The van der Waals surface area contributed by atoms with Crippen LogP contribution in [0.2, 0.25) is 0 Å². The maximum absolute atomic E-state index is 10.5. The van der Waals surface area contributed by atoms with Crippen LogP contribution in [0.3, 0.4) is 0 Å². The van der Waals surface area contributed by atoms with Gasteiger partial charge in [-0.15, -0.1) is 11.3 Å². The molecule has 98 valence electrons. The van der Waals surface area contributed by atoms with Crippen LogP contribution in [0.4, 0.5) is 0 Å². The fourth-order valence-corrected chi connectivity index (χ4v) is 3.21. The smallest absolute Gasteiger partial charge is 0.235 e. The SMILES string of the molecule is CC(C)(C)c1nc2cc(C3(N=C=O)CC3)ccc2s1. The fraction of sp³-hybridized carbons (Fsp3) is 0.467. The number of carbonyl (C=O) groups excluding carboxylic acids is 1. The van der Waals surface area contributed by atoms with Gasteiger partial charge < -0.3 is 0 Å². The summed E-state index contributed by atoms with van der Waals surface area (Å²) in [5.41, 5.74) is 1.87. The van der Waals surface area contributed by atoms with E-state index in [1.165, 1.54) is 4.70 Å². The average Bonchev–Trinajstić information content (AvgIpc) is 2.99. The van der Waals surface area contributed by atoms with E-state index in [0.717, 1.165) is 28.9 Å². The Hall–Kier alpha value is -1.51. The predicted octanol–water partition coefficient (Wildman–Crippen LogP) is 3.92. The quantitative estimate of drug-likeness (QED) is 0.614. The number of isocyanates is 1. The largest absolute Gasteiger partial charge is 0.241 e. The third-order valence-electron chi connectivity index (χ3n) is 3.55. The number of nitrogens with zero attached hydrogens (tertiary/aromatic N) is 2. The topological polar surface area (TPSA) is 42.3 Å². The lowest BCUT2D eigenvalue weighted by molar-refractivity contribution is 0.556. The van der Waals surface area contributed by atoms with Crippen LogP contribution < -0.4 is 0 Å². The minimum atomic E-state index is -0.304. The normalized spacial score (nSPS) is 17.2. The number of aromatic nitrogens is 1. The molecule has 19 heavy (non-hydrogen) atoms. The lowest BCUT2D eigenvalue weighted by Gasteiger charge is -2.13. The Bertz CT molecular complexity index is 686. The van der Waals surface area contributed by atoms with Crippen LogP contribution in [0.15, 0.2) is 23.2 Å². The van der Waals surface area contributed by atoms with Gasteiger partial charge in [-0.1, -0.05) is 26.8 Å². The summed E-state index contributed by atoms with van der Waals surface area (Å²) in [5.74, 6) is 0. The van der Waals surface area contributed by atoms with Crippen molar-refractivity contribution in [1.82, 2.24) is 4.98 Å². The standard InChI is InChI=1S/C15H16N2OS/c1-14(2,3)13-17-11-8-10(4-5-12(11)19-13)15(6-7-15)16-9-18/h4-5,8H,6-7H2,1-3H3. The summed E-state index contributed by atoms with van der Waals surface area (Å²) in [5, 5.41) is 1.14. The van der Waals surface area contributed by atoms with Crippen molar-refractivity contribution in [2.45, 2.75) is 44.6 Å². The minimum absolute atomic E-state index is 0.0715. The van der Waals surface area contributed by atoms with E-state index >= 15 is 0 Å². The average molecular weight is 272 g/mol. The molecule has 0 N–H and O–H groups in total. The lowest BCUT2D eigenvalue weighted by atomic mass is 9.98. The summed E-state index contributed by atoms with van der Waals surface area (Å²) in [6, 6.07) is 6.24. The van der Waals surface area contributed by atoms with Gasteiger partial charge in [0.2, 0.25) is 6.08 Å². The van der Waals surface area contributed by atoms with Crippen molar-refractivity contribution in [2.75, 3.05) is 0 Å². The highest BCUT2D eigenvalue weighted by Gasteiger charge is 2.45. The molecule has 1 saturated carbocycles. The van der Waals surface area contributed by atoms with Gasteiger partial charge in [0.05, 0.1) is 20.8 Å². The molecule has 0 atom stereocenters. The van der Waals surface area contributed by atoms with Gasteiger partial charge in [0, 0.05) is 5.41 Å². The molecule has 0 saturated heterocycles. The second-order valence-corrected chi connectivity index (χ2v) is 7.22. The number of benzene rings is 1. The van der Waals surface area contributed by atoms with Crippen molar-refractivity contribution in [3.8, 4) is 0 Å². The molecule has 0 amide bonds. The van der Waals surface area contributed by atoms with Gasteiger partial charge in [-0.2, -0.15) is 4.99 Å². The van der Waals surface area contributed by atoms with Crippen LogP contribution in [-0.4, -0.2) is 11.1 Å². The van der Waals surface area contributed by atoms with E-state index in [9.17, 15) is 4.79 Å². The third-order valence-corrected chi connectivity index (χ3v) is 5.01. The summed E-state index contributed by atoms with van der Waals surface area (Å²) in [4.78, 5) is 19.2. The third kappa shape index (κ3) is 2.11. The van der Waals surface area contributed by atoms with E-state index in [2.05, 4.69) is 44.0 Å². The number of fused-ring (bicyclic) bond motifs is 1. The van der Waals surface area contributed by atoms with E-state index in [1.54, 1.807) is 17.4 Å². The van der Waals surface area contributed by atoms with Crippen LogP contribution in [0.1, 0.15) is 44.2 Å². The van der Waals surface area contributed by atoms with Crippen molar-refractivity contribution < 1.29 is 4.79 Å². The molecule has 0 spiro atoms. The first-order chi connectivity index (χ1) is 8.94. The fourth-order valence-electron chi connectivity index (χ4n) is 2.21. The molecule has 1 aliphatic carbocycles. The van der Waals surface area contributed by atoms with Crippen molar-refractivity contribution in [1.29, 1.82) is 0 Å². The van der Waals surface area contributed by atoms with Gasteiger partial charge in [0.1, 0.15) is 0 Å². The molecule has 0 radical (unpaired) electrons. The summed E-state index contributed by atoms with van der Waals surface area (Å²) in [6.07, 6.45) is 3.57. The summed E-state index contributed by atoms with van der Waals surface area (Å²) < 4.78 is 1.19. The molecule has 0 aliphatic heterocycles. The van der Waals surface area contributed by atoms with Crippen LogP contribution in [0.25, 0.3) is 10.2 Å². The molecule has 2 aromatic rings. The van der Waals surface area contributed by atoms with E-state index in [1.807, 2.05) is 0 Å². The van der Waals surface area contributed by atoms with Gasteiger partial charge in [-0.05, 0) is 30.5 Å². The number of thiazole rings is 1. The Morgan fingerprint density at radius 1 is 1.37 bits per heavy atom. The van der Waals surface area contributed by atoms with Gasteiger partial charge >= 0.3 is 0 Å². The highest BCUT2D eigenvalue weighted by molar-refractivity contribution is 7.18. The molecule has 1 heterocycles. The Morgan fingerprint density at radius 2 is 2.11 bits per heavy atom. The van der Waals surface area contributed by atoms with Gasteiger partial charge in [-0.3, -0.25) is 0 Å². The Balaban J connectivity index is 2.09. The zero-order valence-corrected chi connectivity index (χ0v) is 12.2. The van der Waals surface area contributed by atoms with Crippen molar-refractivity contribution >= 4 is 27.6 Å². The second-order valence-electron chi connectivity index (χ2n) is 6.19. The number of hydrogen-bond donors (Lipinski definition) is 0. The summed E-state index contributed by atoms with van der Waals surface area (Å²) in [7, 11) is 0. The molecule has 1 aromatic heterocycles. The molecule has 1 aliphatic rings. The first-order valence-corrected chi connectivity index (χ1v) is 7.27. The van der Waals surface area contributed by atoms with Crippen molar-refractivity contribution in [3.05, 3.63) is 28.8 Å². The Labute approximate surface area is 116 Å². The zero-order chi connectivity index (χ0) is 13.7. The van der Waals surface area contributed by atoms with E-state index in [0.29, 0.717) is 0 Å². The number of rotatable bonds is 2. The lowest BCUT2D eigenvalue weighted by Crippen LogP contribution is -2.09. The van der Waals surface area contributed by atoms with Crippen LogP contribution >= 0.6 is 11.3 Å². The molecule has 3 rings (SSSR count). The summed E-state index contributed by atoms with van der Waals surface area (Å²) >= 11 is 1.74. The van der Waals surface area contributed by atoms with Crippen LogP contribution in [0, 0.1) is 0 Å². The Morgan fingerprint density at radius 3 is 2.68 bits per heavy atom. The molecule has 1 fully saturated rings. The Kier molecular flexibility index (Phi) is 2.63. The number of aliphatic imine (C=N–C) groups is 1. The predicted molar refractivity (Wildman–Crippen MR) is 77.4 cm³/mol. The van der Waals surface area contributed by atoms with Crippen molar-refractivity contribution in [3.63, 3.8) is 0 Å². The molecule has 3 nitrogen and oxygen atoms in total.